The molecule has 1 aromatic heterocycles. The van der Waals surface area contributed by atoms with E-state index in [1.165, 1.54) is 12.1 Å². The molecule has 0 saturated carbocycles. The first-order valence-electron chi connectivity index (χ1n) is 13.0. The number of rotatable bonds is 5. The summed E-state index contributed by atoms with van der Waals surface area (Å²) in [5, 5.41) is 7.79. The minimum atomic E-state index is -4.79. The van der Waals surface area contributed by atoms with Crippen molar-refractivity contribution < 1.29 is 27.4 Å². The van der Waals surface area contributed by atoms with Crippen LogP contribution in [0.5, 0.6) is 5.75 Å². The van der Waals surface area contributed by atoms with Crippen LogP contribution in [-0.2, 0) is 15.7 Å². The van der Waals surface area contributed by atoms with Gasteiger partial charge in [-0.05, 0) is 68.0 Å². The van der Waals surface area contributed by atoms with Gasteiger partial charge in [-0.1, -0.05) is 30.7 Å². The average molecular weight is 563 g/mol. The highest BCUT2D eigenvalue weighted by molar-refractivity contribution is 6.30. The lowest BCUT2D eigenvalue weighted by Gasteiger charge is -2.36. The zero-order valence-electron chi connectivity index (χ0n) is 22.0. The van der Waals surface area contributed by atoms with Gasteiger partial charge >= 0.3 is 6.18 Å². The van der Waals surface area contributed by atoms with Gasteiger partial charge in [0, 0.05) is 23.2 Å². The highest BCUT2D eigenvalue weighted by Gasteiger charge is 2.44. The standard InChI is InChI=1S/C28H30ClF3N4O3/c1-4-18-8-5-6-13-35(18)24(37)15-23-26-33-34-27(28(30,31)32)36(26)21-12-11-17(29)14-20(21)25(39-23)19-9-7-10-22(38-3)16(19)2/h7,9-12,14,18,23,25H,4-6,8,13,15H2,1-3H3/t18?,23-,25-/m1/s1. The summed E-state index contributed by atoms with van der Waals surface area (Å²) in [4.78, 5) is 15.5. The molecule has 5 rings (SSSR count). The number of carbonyl (C=O) groups is 1. The molecule has 208 valence electrons. The Labute approximate surface area is 229 Å². The monoisotopic (exact) mass is 562 g/mol. The number of piperidine rings is 1. The summed E-state index contributed by atoms with van der Waals surface area (Å²) in [5.41, 5.74) is 2.05. The van der Waals surface area contributed by atoms with Crippen LogP contribution in [0.25, 0.3) is 5.69 Å². The molecule has 7 nitrogen and oxygen atoms in total. The molecule has 1 fully saturated rings. The molecule has 11 heteroatoms. The lowest BCUT2D eigenvalue weighted by atomic mass is 9.95. The van der Waals surface area contributed by atoms with E-state index in [-0.39, 0.29) is 29.9 Å². The Kier molecular flexibility index (Phi) is 7.61. The number of hydrogen-bond donors (Lipinski definition) is 0. The summed E-state index contributed by atoms with van der Waals surface area (Å²) in [6, 6.07) is 10.1. The van der Waals surface area contributed by atoms with Crippen LogP contribution in [0.3, 0.4) is 0 Å². The van der Waals surface area contributed by atoms with Crippen LogP contribution >= 0.6 is 11.6 Å². The maximum Gasteiger partial charge on any atom is 0.452 e. The number of benzene rings is 2. The third-order valence-corrected chi connectivity index (χ3v) is 7.89. The molecule has 1 unspecified atom stereocenters. The fourth-order valence-electron chi connectivity index (χ4n) is 5.71. The Balaban J connectivity index is 1.68. The predicted molar refractivity (Wildman–Crippen MR) is 139 cm³/mol. The van der Waals surface area contributed by atoms with Crippen molar-refractivity contribution in [3.63, 3.8) is 0 Å². The average Bonchev–Trinajstić information content (AvgIpc) is 3.32. The Hall–Kier alpha value is -3.11. The minimum absolute atomic E-state index is 0.0765. The summed E-state index contributed by atoms with van der Waals surface area (Å²) in [6.07, 6.45) is -3.27. The van der Waals surface area contributed by atoms with Gasteiger partial charge in [-0.2, -0.15) is 13.2 Å². The number of methoxy groups -OCH3 is 1. The van der Waals surface area contributed by atoms with E-state index in [0.717, 1.165) is 35.8 Å². The molecule has 39 heavy (non-hydrogen) atoms. The van der Waals surface area contributed by atoms with E-state index in [1.54, 1.807) is 25.3 Å². The third kappa shape index (κ3) is 5.12. The molecule has 3 heterocycles. The van der Waals surface area contributed by atoms with Gasteiger partial charge in [0.15, 0.2) is 5.82 Å². The fraction of sp³-hybridized carbons (Fsp3) is 0.464. The van der Waals surface area contributed by atoms with Crippen molar-refractivity contribution in [1.29, 1.82) is 0 Å². The van der Waals surface area contributed by atoms with Gasteiger partial charge in [-0.3, -0.25) is 9.36 Å². The van der Waals surface area contributed by atoms with E-state index < -0.39 is 24.2 Å². The maximum atomic E-state index is 14.2. The van der Waals surface area contributed by atoms with Crippen molar-refractivity contribution in [3.8, 4) is 11.4 Å². The van der Waals surface area contributed by atoms with E-state index in [1.807, 2.05) is 24.8 Å². The number of fused-ring (bicyclic) bond motifs is 3. The predicted octanol–water partition coefficient (Wildman–Crippen LogP) is 6.60. The van der Waals surface area contributed by atoms with E-state index in [2.05, 4.69) is 10.2 Å². The molecule has 1 amide bonds. The lowest BCUT2D eigenvalue weighted by molar-refractivity contribution is -0.146. The number of ether oxygens (including phenoxy) is 2. The van der Waals surface area contributed by atoms with Crippen molar-refractivity contribution >= 4 is 17.5 Å². The molecule has 0 bridgehead atoms. The van der Waals surface area contributed by atoms with Crippen molar-refractivity contribution in [1.82, 2.24) is 19.7 Å². The van der Waals surface area contributed by atoms with E-state index in [9.17, 15) is 18.0 Å². The number of hydrogen-bond acceptors (Lipinski definition) is 5. The molecule has 2 aliphatic heterocycles. The third-order valence-electron chi connectivity index (χ3n) is 7.65. The Bertz CT molecular complexity index is 1380. The summed E-state index contributed by atoms with van der Waals surface area (Å²) in [7, 11) is 1.55. The van der Waals surface area contributed by atoms with Gasteiger partial charge < -0.3 is 14.4 Å². The molecule has 3 atom stereocenters. The van der Waals surface area contributed by atoms with Crippen molar-refractivity contribution in [2.24, 2.45) is 0 Å². The second-order valence-corrected chi connectivity index (χ2v) is 10.4. The summed E-state index contributed by atoms with van der Waals surface area (Å²) in [5.74, 6) is -0.840. The van der Waals surface area contributed by atoms with E-state index >= 15 is 0 Å². The van der Waals surface area contributed by atoms with Crippen molar-refractivity contribution in [2.45, 2.75) is 70.4 Å². The van der Waals surface area contributed by atoms with Gasteiger partial charge in [-0.25, -0.2) is 0 Å². The molecular formula is C28H30ClF3N4O3. The largest absolute Gasteiger partial charge is 0.496 e. The summed E-state index contributed by atoms with van der Waals surface area (Å²) in [6.45, 7) is 4.50. The van der Waals surface area contributed by atoms with E-state index in [4.69, 9.17) is 21.1 Å². The SMILES string of the molecule is CCC1CCCCN1C(=O)C[C@H]1O[C@H](c2cccc(OC)c2C)c2cc(Cl)ccc2-n2c1nnc2C(F)(F)F. The normalized spacial score (nSPS) is 21.2. The zero-order chi connectivity index (χ0) is 27.9. The van der Waals surface area contributed by atoms with Crippen LogP contribution in [0.4, 0.5) is 13.2 Å². The fourth-order valence-corrected chi connectivity index (χ4v) is 5.89. The number of halogens is 4. The van der Waals surface area contributed by atoms with Gasteiger partial charge in [0.25, 0.3) is 0 Å². The first kappa shape index (κ1) is 27.5. The molecule has 0 spiro atoms. The first-order chi connectivity index (χ1) is 18.6. The Morgan fingerprint density at radius 3 is 2.69 bits per heavy atom. The van der Waals surface area contributed by atoms with Crippen LogP contribution in [-0.4, -0.2) is 45.3 Å². The molecule has 0 aliphatic carbocycles. The first-order valence-corrected chi connectivity index (χ1v) is 13.4. The number of nitrogens with zero attached hydrogens (tertiary/aromatic N) is 4. The van der Waals surface area contributed by atoms with Gasteiger partial charge in [0.1, 0.15) is 18.0 Å². The van der Waals surface area contributed by atoms with Crippen LogP contribution in [0.2, 0.25) is 5.02 Å². The van der Waals surface area contributed by atoms with Crippen molar-refractivity contribution in [2.75, 3.05) is 13.7 Å². The van der Waals surface area contributed by atoms with Crippen LogP contribution in [0.15, 0.2) is 36.4 Å². The molecule has 1 saturated heterocycles. The number of alkyl halides is 3. The maximum absolute atomic E-state index is 14.2. The Morgan fingerprint density at radius 2 is 1.97 bits per heavy atom. The van der Waals surface area contributed by atoms with E-state index in [0.29, 0.717) is 28.4 Å². The van der Waals surface area contributed by atoms with Crippen molar-refractivity contribution in [3.05, 3.63) is 69.8 Å². The highest BCUT2D eigenvalue weighted by atomic mass is 35.5. The number of amides is 1. The second-order valence-electron chi connectivity index (χ2n) is 9.95. The number of likely N-dealkylation sites (tertiary alicyclic amines) is 1. The van der Waals surface area contributed by atoms with Gasteiger partial charge in [0.2, 0.25) is 11.7 Å². The molecule has 3 aromatic rings. The molecule has 0 radical (unpaired) electrons. The van der Waals surface area contributed by atoms with Crippen LogP contribution < -0.4 is 4.74 Å². The topological polar surface area (TPSA) is 69.5 Å². The second kappa shape index (κ2) is 10.8. The molecular weight excluding hydrogens is 533 g/mol. The molecule has 2 aromatic carbocycles. The summed E-state index contributed by atoms with van der Waals surface area (Å²) >= 11 is 6.36. The minimum Gasteiger partial charge on any atom is -0.496 e. The quantitative estimate of drug-likeness (QED) is 0.350. The van der Waals surface area contributed by atoms with Crippen LogP contribution in [0, 0.1) is 6.92 Å². The number of carbonyl (C=O) groups excluding carboxylic acids is 1. The smallest absolute Gasteiger partial charge is 0.452 e. The highest BCUT2D eigenvalue weighted by Crippen LogP contribution is 2.45. The number of aromatic nitrogens is 3. The Morgan fingerprint density at radius 1 is 1.18 bits per heavy atom. The molecule has 2 aliphatic rings. The van der Waals surface area contributed by atoms with Gasteiger partial charge in [0.05, 0.1) is 19.2 Å². The molecule has 0 N–H and O–H groups in total. The summed E-state index contributed by atoms with van der Waals surface area (Å²) < 4.78 is 55.6. The van der Waals surface area contributed by atoms with Gasteiger partial charge in [-0.15, -0.1) is 10.2 Å². The lowest BCUT2D eigenvalue weighted by Crippen LogP contribution is -2.44. The zero-order valence-corrected chi connectivity index (χ0v) is 22.7. The van der Waals surface area contributed by atoms with Crippen LogP contribution in [0.1, 0.15) is 79.6 Å².